The van der Waals surface area contributed by atoms with Crippen molar-refractivity contribution < 1.29 is 14.6 Å². The zero-order chi connectivity index (χ0) is 13.2. The van der Waals surface area contributed by atoms with Gasteiger partial charge >= 0.3 is 0 Å². The first-order valence-corrected chi connectivity index (χ1v) is 6.27. The fraction of sp³-hybridized carbons (Fsp3) is 0.188. The fourth-order valence-corrected chi connectivity index (χ4v) is 2.09. The molecule has 0 aromatic heterocycles. The predicted molar refractivity (Wildman–Crippen MR) is 71.4 cm³/mol. The first kappa shape index (κ1) is 11.9. The molecule has 2 aromatic carbocycles. The van der Waals surface area contributed by atoms with Gasteiger partial charge in [0.1, 0.15) is 5.75 Å². The van der Waals surface area contributed by atoms with Gasteiger partial charge in [-0.2, -0.15) is 0 Å². The molecule has 0 radical (unpaired) electrons. The number of benzene rings is 2. The lowest BCUT2D eigenvalue weighted by molar-refractivity contribution is 0.103. The van der Waals surface area contributed by atoms with Crippen LogP contribution in [0.25, 0.3) is 0 Å². The zero-order valence-electron chi connectivity index (χ0n) is 10.4. The van der Waals surface area contributed by atoms with Crippen molar-refractivity contribution in [1.82, 2.24) is 0 Å². The van der Waals surface area contributed by atoms with Gasteiger partial charge in [0.2, 0.25) is 0 Å². The third-order valence-electron chi connectivity index (χ3n) is 3.21. The lowest BCUT2D eigenvalue weighted by Gasteiger charge is -2.06. The molecule has 19 heavy (non-hydrogen) atoms. The third kappa shape index (κ3) is 2.66. The van der Waals surface area contributed by atoms with E-state index in [0.29, 0.717) is 11.1 Å². The maximum absolute atomic E-state index is 12.3. The number of ketones is 1. The Morgan fingerprint density at radius 1 is 1.21 bits per heavy atom. The molecule has 96 valence electrons. The third-order valence-corrected chi connectivity index (χ3v) is 3.21. The number of hydrogen-bond acceptors (Lipinski definition) is 3. The number of phenolic OH excluding ortho intramolecular Hbond substituents is 1. The highest BCUT2D eigenvalue weighted by atomic mass is 16.6. The van der Waals surface area contributed by atoms with Gasteiger partial charge < -0.3 is 9.84 Å². The summed E-state index contributed by atoms with van der Waals surface area (Å²) in [6.45, 7) is 0.781. The summed E-state index contributed by atoms with van der Waals surface area (Å²) in [5.41, 5.74) is 1.95. The Hall–Kier alpha value is -2.13. The number of rotatable bonds is 4. The van der Waals surface area contributed by atoms with Crippen LogP contribution < -0.4 is 0 Å². The number of ether oxygens (including phenoxy) is 1. The zero-order valence-corrected chi connectivity index (χ0v) is 10.4. The summed E-state index contributed by atoms with van der Waals surface area (Å²) in [5.74, 6) is -0.133. The van der Waals surface area contributed by atoms with Crippen LogP contribution in [0.1, 0.15) is 21.5 Å². The maximum atomic E-state index is 12.3. The Kier molecular flexibility index (Phi) is 3.05. The molecule has 1 aliphatic heterocycles. The Bertz CT molecular complexity index is 601. The number of carbonyl (C=O) groups is 1. The van der Waals surface area contributed by atoms with Crippen molar-refractivity contribution in [2.24, 2.45) is 0 Å². The molecule has 3 nitrogen and oxygen atoms in total. The molecule has 1 aliphatic rings. The van der Waals surface area contributed by atoms with Crippen LogP contribution in [0.15, 0.2) is 48.5 Å². The molecule has 0 bridgehead atoms. The van der Waals surface area contributed by atoms with Crippen LogP contribution in [0.2, 0.25) is 0 Å². The minimum absolute atomic E-state index is 0.0225. The quantitative estimate of drug-likeness (QED) is 0.674. The number of aromatic hydroxyl groups is 1. The van der Waals surface area contributed by atoms with Crippen molar-refractivity contribution >= 4 is 5.78 Å². The minimum atomic E-state index is -0.156. The van der Waals surface area contributed by atoms with E-state index in [1.807, 2.05) is 24.3 Å². The molecule has 1 unspecified atom stereocenters. The molecule has 1 heterocycles. The lowest BCUT2D eigenvalue weighted by atomic mass is 9.99. The van der Waals surface area contributed by atoms with E-state index < -0.39 is 0 Å². The van der Waals surface area contributed by atoms with E-state index in [2.05, 4.69) is 0 Å². The van der Waals surface area contributed by atoms with Gasteiger partial charge in [0.05, 0.1) is 18.3 Å². The van der Waals surface area contributed by atoms with Gasteiger partial charge in [-0.05, 0) is 17.7 Å². The summed E-state index contributed by atoms with van der Waals surface area (Å²) in [6, 6.07) is 14.1. The van der Waals surface area contributed by atoms with Gasteiger partial charge in [0.15, 0.2) is 5.78 Å². The van der Waals surface area contributed by atoms with E-state index in [1.165, 1.54) is 0 Å². The SMILES string of the molecule is O=C(c1ccccc1)c1cc(CC2CO2)ccc1O. The maximum Gasteiger partial charge on any atom is 0.196 e. The van der Waals surface area contributed by atoms with Gasteiger partial charge in [-0.25, -0.2) is 0 Å². The molecule has 2 aromatic rings. The largest absolute Gasteiger partial charge is 0.507 e. The summed E-state index contributed by atoms with van der Waals surface area (Å²) in [7, 11) is 0. The van der Waals surface area contributed by atoms with Gasteiger partial charge in [0.25, 0.3) is 0 Å². The van der Waals surface area contributed by atoms with Crippen LogP contribution in [-0.4, -0.2) is 23.6 Å². The van der Waals surface area contributed by atoms with Gasteiger partial charge in [-0.1, -0.05) is 36.4 Å². The average molecular weight is 254 g/mol. The molecule has 1 atom stereocenters. The van der Waals surface area contributed by atoms with Crippen LogP contribution in [0.5, 0.6) is 5.75 Å². The topological polar surface area (TPSA) is 49.8 Å². The van der Waals surface area contributed by atoms with E-state index in [0.717, 1.165) is 18.6 Å². The summed E-state index contributed by atoms with van der Waals surface area (Å²) in [4.78, 5) is 12.3. The van der Waals surface area contributed by atoms with E-state index in [-0.39, 0.29) is 17.6 Å². The second-order valence-corrected chi connectivity index (χ2v) is 4.71. The van der Waals surface area contributed by atoms with E-state index in [1.54, 1.807) is 24.3 Å². The van der Waals surface area contributed by atoms with Crippen molar-refractivity contribution in [3.63, 3.8) is 0 Å². The Balaban J connectivity index is 1.92. The number of phenols is 1. The molecule has 1 N–H and O–H groups in total. The van der Waals surface area contributed by atoms with Crippen molar-refractivity contribution in [2.45, 2.75) is 12.5 Å². The van der Waals surface area contributed by atoms with Gasteiger partial charge in [-0.3, -0.25) is 4.79 Å². The van der Waals surface area contributed by atoms with Gasteiger partial charge in [0, 0.05) is 12.0 Å². The van der Waals surface area contributed by atoms with Crippen molar-refractivity contribution in [1.29, 1.82) is 0 Å². The summed E-state index contributed by atoms with van der Waals surface area (Å²) < 4.78 is 5.18. The smallest absolute Gasteiger partial charge is 0.196 e. The Labute approximate surface area is 111 Å². The second-order valence-electron chi connectivity index (χ2n) is 4.71. The second kappa shape index (κ2) is 4.86. The highest BCUT2D eigenvalue weighted by Crippen LogP contribution is 2.24. The number of epoxide rings is 1. The molecule has 3 rings (SSSR count). The van der Waals surface area contributed by atoms with E-state index in [9.17, 15) is 9.90 Å². The average Bonchev–Trinajstić information content (AvgIpc) is 3.25. The Morgan fingerprint density at radius 2 is 1.95 bits per heavy atom. The lowest BCUT2D eigenvalue weighted by Crippen LogP contribution is -2.03. The number of hydrogen-bond donors (Lipinski definition) is 1. The van der Waals surface area contributed by atoms with E-state index in [4.69, 9.17) is 4.74 Å². The first-order valence-electron chi connectivity index (χ1n) is 6.27. The summed E-state index contributed by atoms with van der Waals surface area (Å²) >= 11 is 0. The van der Waals surface area contributed by atoms with Crippen LogP contribution >= 0.6 is 0 Å². The molecule has 1 saturated heterocycles. The molecule has 0 amide bonds. The fourth-order valence-electron chi connectivity index (χ4n) is 2.09. The van der Waals surface area contributed by atoms with Crippen LogP contribution in [0.3, 0.4) is 0 Å². The highest BCUT2D eigenvalue weighted by molar-refractivity contribution is 6.10. The van der Waals surface area contributed by atoms with Crippen molar-refractivity contribution in [3.8, 4) is 5.75 Å². The summed E-state index contributed by atoms with van der Waals surface area (Å²) in [6.07, 6.45) is 1.05. The molecule has 1 fully saturated rings. The van der Waals surface area contributed by atoms with Crippen molar-refractivity contribution in [2.75, 3.05) is 6.61 Å². The summed E-state index contributed by atoms with van der Waals surface area (Å²) in [5, 5.41) is 9.86. The standard InChI is InChI=1S/C16H14O3/c17-15-7-6-11(8-13-10-19-13)9-14(15)16(18)12-4-2-1-3-5-12/h1-7,9,13,17H,8,10H2. The Morgan fingerprint density at radius 3 is 2.63 bits per heavy atom. The molecule has 0 saturated carbocycles. The minimum Gasteiger partial charge on any atom is -0.507 e. The van der Waals surface area contributed by atoms with Crippen LogP contribution in [0.4, 0.5) is 0 Å². The monoisotopic (exact) mass is 254 g/mol. The van der Waals surface area contributed by atoms with Crippen LogP contribution in [0, 0.1) is 0 Å². The molecular weight excluding hydrogens is 240 g/mol. The van der Waals surface area contributed by atoms with Crippen molar-refractivity contribution in [3.05, 3.63) is 65.2 Å². The molecular formula is C16H14O3. The normalized spacial score (nSPS) is 17.2. The van der Waals surface area contributed by atoms with Gasteiger partial charge in [-0.15, -0.1) is 0 Å². The van der Waals surface area contributed by atoms with E-state index >= 15 is 0 Å². The number of carbonyl (C=O) groups excluding carboxylic acids is 1. The molecule has 0 spiro atoms. The predicted octanol–water partition coefficient (Wildman–Crippen LogP) is 2.56. The highest BCUT2D eigenvalue weighted by Gasteiger charge is 2.23. The molecule has 0 aliphatic carbocycles. The van der Waals surface area contributed by atoms with Crippen LogP contribution in [-0.2, 0) is 11.2 Å². The molecule has 3 heteroatoms. The first-order chi connectivity index (χ1) is 9.24.